The summed E-state index contributed by atoms with van der Waals surface area (Å²) in [4.78, 5) is 9.63. The average molecular weight is 449 g/mol. The summed E-state index contributed by atoms with van der Waals surface area (Å²) >= 11 is 5.46. The van der Waals surface area contributed by atoms with Crippen LogP contribution in [0.2, 0.25) is 0 Å². The van der Waals surface area contributed by atoms with Gasteiger partial charge in [0.1, 0.15) is 11.4 Å². The van der Waals surface area contributed by atoms with Crippen molar-refractivity contribution in [2.75, 3.05) is 11.9 Å². The molecule has 0 aliphatic rings. The highest BCUT2D eigenvalue weighted by molar-refractivity contribution is 7.80. The summed E-state index contributed by atoms with van der Waals surface area (Å²) in [6.45, 7) is 3.11. The second kappa shape index (κ2) is 10.9. The molecule has 1 aromatic carbocycles. The fraction of sp³-hybridized carbons (Fsp3) is 0.320. The van der Waals surface area contributed by atoms with Gasteiger partial charge in [-0.2, -0.15) is 0 Å². The van der Waals surface area contributed by atoms with Crippen molar-refractivity contribution < 1.29 is 8.83 Å². The monoisotopic (exact) mass is 448 g/mol. The minimum atomic E-state index is 0.615. The SMILES string of the molecule is CCCCCCCCNC(=S)Nc1ccc2nc(-c3ccco3)c(-c3ccco3)nc2c1. The quantitative estimate of drug-likeness (QED) is 0.204. The number of nitrogens with one attached hydrogen (secondary N) is 2. The minimum Gasteiger partial charge on any atom is -0.463 e. The third kappa shape index (κ3) is 5.53. The van der Waals surface area contributed by atoms with Gasteiger partial charge in [-0.1, -0.05) is 39.0 Å². The standard InChI is InChI=1S/C25H28N4O2S/c1-2-3-4-5-6-7-14-26-25(32)27-18-12-13-19-20(17-18)29-24(22-11-9-16-31-22)23(28-19)21-10-8-15-30-21/h8-13,15-17H,2-7,14H2,1H3,(H2,26,27,32). The van der Waals surface area contributed by atoms with Crippen LogP contribution in [0.25, 0.3) is 33.9 Å². The third-order valence-corrected chi connectivity index (χ3v) is 5.49. The Bertz CT molecular complexity index is 1140. The third-order valence-electron chi connectivity index (χ3n) is 5.25. The maximum absolute atomic E-state index is 5.60. The summed E-state index contributed by atoms with van der Waals surface area (Å²) in [6, 6.07) is 13.2. The molecule has 7 heteroatoms. The van der Waals surface area contributed by atoms with Crippen molar-refractivity contribution in [1.29, 1.82) is 0 Å². The Kier molecular flexibility index (Phi) is 7.51. The van der Waals surface area contributed by atoms with Gasteiger partial charge >= 0.3 is 0 Å². The van der Waals surface area contributed by atoms with Gasteiger partial charge in [0, 0.05) is 12.2 Å². The number of hydrogen-bond donors (Lipinski definition) is 2. The normalized spacial score (nSPS) is 11.0. The van der Waals surface area contributed by atoms with E-state index in [1.54, 1.807) is 12.5 Å². The van der Waals surface area contributed by atoms with Crippen LogP contribution in [0, 0.1) is 0 Å². The van der Waals surface area contributed by atoms with Gasteiger partial charge in [0.15, 0.2) is 16.6 Å². The lowest BCUT2D eigenvalue weighted by Crippen LogP contribution is -2.29. The number of anilines is 1. The number of benzene rings is 1. The van der Waals surface area contributed by atoms with E-state index in [0.717, 1.165) is 29.7 Å². The topological polar surface area (TPSA) is 76.1 Å². The average Bonchev–Trinajstić information content (AvgIpc) is 3.52. The Morgan fingerprint density at radius 3 is 2.16 bits per heavy atom. The highest BCUT2D eigenvalue weighted by Crippen LogP contribution is 2.32. The van der Waals surface area contributed by atoms with Crippen LogP contribution in [-0.2, 0) is 0 Å². The summed E-state index contributed by atoms with van der Waals surface area (Å²) in [6.07, 6.45) is 10.8. The van der Waals surface area contributed by atoms with Crippen LogP contribution in [0.1, 0.15) is 45.4 Å². The van der Waals surface area contributed by atoms with Crippen molar-refractivity contribution in [2.45, 2.75) is 45.4 Å². The first-order valence-electron chi connectivity index (χ1n) is 11.2. The van der Waals surface area contributed by atoms with Crippen molar-refractivity contribution in [1.82, 2.24) is 15.3 Å². The molecule has 0 aliphatic heterocycles. The van der Waals surface area contributed by atoms with E-state index in [0.29, 0.717) is 28.0 Å². The molecule has 0 saturated heterocycles. The number of unbranched alkanes of at least 4 members (excludes halogenated alkanes) is 5. The molecular formula is C25H28N4O2S. The number of furan rings is 2. The zero-order chi connectivity index (χ0) is 22.2. The second-order valence-electron chi connectivity index (χ2n) is 7.73. The molecule has 32 heavy (non-hydrogen) atoms. The van der Waals surface area contributed by atoms with Crippen molar-refractivity contribution in [3.63, 3.8) is 0 Å². The molecular weight excluding hydrogens is 420 g/mol. The van der Waals surface area contributed by atoms with Gasteiger partial charge in [0.25, 0.3) is 0 Å². The second-order valence-corrected chi connectivity index (χ2v) is 8.14. The first-order valence-corrected chi connectivity index (χ1v) is 11.6. The van der Waals surface area contributed by atoms with Crippen molar-refractivity contribution in [2.24, 2.45) is 0 Å². The molecule has 4 rings (SSSR count). The van der Waals surface area contributed by atoms with E-state index in [-0.39, 0.29) is 0 Å². The van der Waals surface area contributed by atoms with E-state index < -0.39 is 0 Å². The lowest BCUT2D eigenvalue weighted by atomic mass is 10.1. The van der Waals surface area contributed by atoms with E-state index in [9.17, 15) is 0 Å². The predicted octanol–water partition coefficient (Wildman–Crippen LogP) is 6.80. The number of rotatable bonds is 10. The Balaban J connectivity index is 1.46. The molecule has 4 aromatic rings. The summed E-state index contributed by atoms with van der Waals surface area (Å²) < 4.78 is 11.2. The van der Waals surface area contributed by atoms with Gasteiger partial charge in [-0.15, -0.1) is 0 Å². The lowest BCUT2D eigenvalue weighted by Gasteiger charge is -2.12. The van der Waals surface area contributed by atoms with Crippen LogP contribution >= 0.6 is 12.2 Å². The zero-order valence-electron chi connectivity index (χ0n) is 18.3. The fourth-order valence-corrected chi connectivity index (χ4v) is 3.80. The van der Waals surface area contributed by atoms with Gasteiger partial charge < -0.3 is 19.5 Å². The fourth-order valence-electron chi connectivity index (χ4n) is 3.58. The van der Waals surface area contributed by atoms with E-state index in [2.05, 4.69) is 17.6 Å². The molecule has 3 aromatic heterocycles. The molecule has 0 aliphatic carbocycles. The van der Waals surface area contributed by atoms with E-state index >= 15 is 0 Å². The smallest absolute Gasteiger partial charge is 0.170 e. The Morgan fingerprint density at radius 1 is 0.844 bits per heavy atom. The zero-order valence-corrected chi connectivity index (χ0v) is 19.1. The van der Waals surface area contributed by atoms with E-state index in [1.807, 2.05) is 42.5 Å². The van der Waals surface area contributed by atoms with Gasteiger partial charge in [-0.25, -0.2) is 9.97 Å². The molecule has 0 atom stereocenters. The first kappa shape index (κ1) is 22.0. The van der Waals surface area contributed by atoms with Crippen LogP contribution in [0.5, 0.6) is 0 Å². The Morgan fingerprint density at radius 2 is 1.50 bits per heavy atom. The van der Waals surface area contributed by atoms with Gasteiger partial charge in [-0.3, -0.25) is 0 Å². The van der Waals surface area contributed by atoms with E-state index in [1.165, 1.54) is 32.1 Å². The molecule has 0 saturated carbocycles. The molecule has 0 amide bonds. The van der Waals surface area contributed by atoms with Crippen LogP contribution < -0.4 is 10.6 Å². The molecule has 0 spiro atoms. The number of aromatic nitrogens is 2. The van der Waals surface area contributed by atoms with Crippen LogP contribution in [0.15, 0.2) is 63.8 Å². The Hall–Kier alpha value is -3.19. The van der Waals surface area contributed by atoms with Crippen LogP contribution in [0.4, 0.5) is 5.69 Å². The largest absolute Gasteiger partial charge is 0.463 e. The number of fused-ring (bicyclic) bond motifs is 1. The predicted molar refractivity (Wildman–Crippen MR) is 133 cm³/mol. The number of nitrogens with zero attached hydrogens (tertiary/aromatic N) is 2. The molecule has 0 unspecified atom stereocenters. The maximum Gasteiger partial charge on any atom is 0.170 e. The highest BCUT2D eigenvalue weighted by atomic mass is 32.1. The first-order chi connectivity index (χ1) is 15.7. The molecule has 0 radical (unpaired) electrons. The number of hydrogen-bond acceptors (Lipinski definition) is 5. The summed E-state index contributed by atoms with van der Waals surface area (Å²) in [5, 5.41) is 7.16. The van der Waals surface area contributed by atoms with Gasteiger partial charge in [0.05, 0.1) is 23.6 Å². The van der Waals surface area contributed by atoms with E-state index in [4.69, 9.17) is 31.0 Å². The highest BCUT2D eigenvalue weighted by Gasteiger charge is 2.17. The van der Waals surface area contributed by atoms with Gasteiger partial charge in [-0.05, 0) is 61.1 Å². The lowest BCUT2D eigenvalue weighted by molar-refractivity contribution is 0.572. The molecule has 166 valence electrons. The van der Waals surface area contributed by atoms with Crippen molar-refractivity contribution in [3.05, 3.63) is 55.0 Å². The van der Waals surface area contributed by atoms with Gasteiger partial charge in [0.2, 0.25) is 0 Å². The Labute approximate surface area is 193 Å². The maximum atomic E-state index is 5.60. The molecule has 0 fully saturated rings. The number of thiocarbonyl (C=S) groups is 1. The minimum absolute atomic E-state index is 0.615. The van der Waals surface area contributed by atoms with Crippen LogP contribution in [-0.4, -0.2) is 21.6 Å². The summed E-state index contributed by atoms with van der Waals surface area (Å²) in [7, 11) is 0. The molecule has 0 bridgehead atoms. The molecule has 6 nitrogen and oxygen atoms in total. The summed E-state index contributed by atoms with van der Waals surface area (Å²) in [5.74, 6) is 1.29. The van der Waals surface area contributed by atoms with Crippen molar-refractivity contribution in [3.8, 4) is 22.9 Å². The molecule has 3 heterocycles. The van der Waals surface area contributed by atoms with Crippen molar-refractivity contribution >= 4 is 34.1 Å². The summed E-state index contributed by atoms with van der Waals surface area (Å²) in [5.41, 5.74) is 3.66. The van der Waals surface area contributed by atoms with Crippen LogP contribution in [0.3, 0.4) is 0 Å². The molecule has 2 N–H and O–H groups in total.